The number of para-hydroxylation sites is 1. The van der Waals surface area contributed by atoms with Gasteiger partial charge in [-0.15, -0.1) is 11.3 Å². The second-order valence-corrected chi connectivity index (χ2v) is 7.80. The molecule has 0 unspecified atom stereocenters. The van der Waals surface area contributed by atoms with E-state index in [0.29, 0.717) is 27.4 Å². The maximum Gasteiger partial charge on any atom is 0.339 e. The van der Waals surface area contributed by atoms with E-state index in [9.17, 15) is 14.9 Å². The number of furan rings is 1. The first-order chi connectivity index (χ1) is 15.0. The van der Waals surface area contributed by atoms with Gasteiger partial charge in [-0.1, -0.05) is 18.2 Å². The van der Waals surface area contributed by atoms with Crippen LogP contribution in [0.1, 0.15) is 32.7 Å². The number of rotatable bonds is 6. The maximum atomic E-state index is 12.9. The SMILES string of the molecule is Cc1csc([C@H](C#N)C(=O)COC(=O)c2cc(-c3ccc(C)o3)nc3ccccc23)n1. The lowest BCUT2D eigenvalue weighted by atomic mass is 10.1. The molecule has 154 valence electrons. The highest BCUT2D eigenvalue weighted by molar-refractivity contribution is 7.09. The first-order valence-corrected chi connectivity index (χ1v) is 10.3. The predicted molar refractivity (Wildman–Crippen MR) is 115 cm³/mol. The predicted octanol–water partition coefficient (Wildman–Crippen LogP) is 4.60. The molecule has 3 aromatic heterocycles. The van der Waals surface area contributed by atoms with Crippen molar-refractivity contribution >= 4 is 34.0 Å². The van der Waals surface area contributed by atoms with Crippen LogP contribution in [0.3, 0.4) is 0 Å². The number of fused-ring (bicyclic) bond motifs is 1. The smallest absolute Gasteiger partial charge is 0.339 e. The second-order valence-electron chi connectivity index (χ2n) is 6.91. The molecule has 0 aliphatic rings. The number of nitrogens with zero attached hydrogens (tertiary/aromatic N) is 3. The van der Waals surface area contributed by atoms with Crippen molar-refractivity contribution < 1.29 is 18.7 Å². The first-order valence-electron chi connectivity index (χ1n) is 9.44. The van der Waals surface area contributed by atoms with E-state index in [1.165, 1.54) is 11.3 Å². The summed E-state index contributed by atoms with van der Waals surface area (Å²) >= 11 is 1.23. The molecule has 0 fully saturated rings. The van der Waals surface area contributed by atoms with Gasteiger partial charge < -0.3 is 9.15 Å². The molecule has 0 aliphatic carbocycles. The second kappa shape index (κ2) is 8.50. The highest BCUT2D eigenvalue weighted by Crippen LogP contribution is 2.27. The van der Waals surface area contributed by atoms with E-state index < -0.39 is 24.3 Å². The summed E-state index contributed by atoms with van der Waals surface area (Å²) in [5.74, 6) is -1.02. The third kappa shape index (κ3) is 4.22. The number of aromatic nitrogens is 2. The number of pyridine rings is 1. The third-order valence-corrected chi connectivity index (χ3v) is 5.64. The zero-order valence-electron chi connectivity index (χ0n) is 16.8. The zero-order chi connectivity index (χ0) is 22.0. The summed E-state index contributed by atoms with van der Waals surface area (Å²) in [6.45, 7) is 3.08. The average molecular weight is 431 g/mol. The van der Waals surface area contributed by atoms with Crippen molar-refractivity contribution in [2.24, 2.45) is 0 Å². The molecule has 7 nitrogen and oxygen atoms in total. The molecule has 31 heavy (non-hydrogen) atoms. The standard InChI is InChI=1S/C23H17N3O4S/c1-13-12-31-22(25-13)17(10-24)20(27)11-29-23(28)16-9-19(21-8-7-14(2)30-21)26-18-6-4-3-5-15(16)18/h3-9,12,17H,11H2,1-2H3/t17-/m1/s1. The van der Waals surface area contributed by atoms with Crippen LogP contribution in [0.15, 0.2) is 52.3 Å². The minimum atomic E-state index is -1.07. The average Bonchev–Trinajstić information content (AvgIpc) is 3.40. The summed E-state index contributed by atoms with van der Waals surface area (Å²) in [5, 5.41) is 12.1. The fourth-order valence-electron chi connectivity index (χ4n) is 3.11. The van der Waals surface area contributed by atoms with Gasteiger partial charge in [-0.2, -0.15) is 5.26 Å². The van der Waals surface area contributed by atoms with Crippen molar-refractivity contribution in [1.29, 1.82) is 5.26 Å². The van der Waals surface area contributed by atoms with Crippen molar-refractivity contribution in [3.05, 3.63) is 69.9 Å². The molecule has 0 radical (unpaired) electrons. The van der Waals surface area contributed by atoms with Crippen LogP contribution >= 0.6 is 11.3 Å². The van der Waals surface area contributed by atoms with Gasteiger partial charge in [-0.3, -0.25) is 4.79 Å². The number of Topliss-reactive ketones (excluding diaryl/α,β-unsaturated/α-hetero) is 1. The van der Waals surface area contributed by atoms with E-state index in [1.807, 2.05) is 25.1 Å². The Morgan fingerprint density at radius 2 is 2.00 bits per heavy atom. The van der Waals surface area contributed by atoms with Crippen LogP contribution in [0.2, 0.25) is 0 Å². The van der Waals surface area contributed by atoms with E-state index in [0.717, 1.165) is 11.5 Å². The number of esters is 1. The van der Waals surface area contributed by atoms with Crippen LogP contribution in [0.4, 0.5) is 0 Å². The minimum absolute atomic E-state index is 0.265. The van der Waals surface area contributed by atoms with Gasteiger partial charge in [0.2, 0.25) is 0 Å². The number of hydrogen-bond donors (Lipinski definition) is 0. The number of benzene rings is 1. The molecule has 0 N–H and O–H groups in total. The highest BCUT2D eigenvalue weighted by atomic mass is 32.1. The lowest BCUT2D eigenvalue weighted by molar-refractivity contribution is -0.122. The summed E-state index contributed by atoms with van der Waals surface area (Å²) in [4.78, 5) is 34.1. The molecule has 4 aromatic rings. The van der Waals surface area contributed by atoms with Gasteiger partial charge in [0.25, 0.3) is 0 Å². The van der Waals surface area contributed by atoms with E-state index in [4.69, 9.17) is 9.15 Å². The number of ketones is 1. The molecular formula is C23H17N3O4S. The molecule has 0 aliphatic heterocycles. The Morgan fingerprint density at radius 3 is 2.68 bits per heavy atom. The van der Waals surface area contributed by atoms with Gasteiger partial charge in [-0.25, -0.2) is 14.8 Å². The summed E-state index contributed by atoms with van der Waals surface area (Å²) in [6, 6.07) is 14.3. The molecule has 3 heterocycles. The molecular weight excluding hydrogens is 414 g/mol. The molecule has 0 saturated heterocycles. The molecule has 0 spiro atoms. The fourth-order valence-corrected chi connectivity index (χ4v) is 3.97. The van der Waals surface area contributed by atoms with Crippen LogP contribution in [0.5, 0.6) is 0 Å². The van der Waals surface area contributed by atoms with Gasteiger partial charge in [0.05, 0.1) is 17.1 Å². The molecule has 4 rings (SSSR count). The van der Waals surface area contributed by atoms with Crippen LogP contribution in [-0.2, 0) is 9.53 Å². The maximum absolute atomic E-state index is 12.9. The lowest BCUT2D eigenvalue weighted by Gasteiger charge is -2.10. The monoisotopic (exact) mass is 431 g/mol. The Morgan fingerprint density at radius 1 is 1.19 bits per heavy atom. The van der Waals surface area contributed by atoms with Gasteiger partial charge in [0.1, 0.15) is 16.5 Å². The van der Waals surface area contributed by atoms with Crippen molar-refractivity contribution in [3.8, 4) is 17.5 Å². The minimum Gasteiger partial charge on any atom is -0.460 e. The van der Waals surface area contributed by atoms with Gasteiger partial charge in [0.15, 0.2) is 24.1 Å². The normalized spacial score (nSPS) is 11.8. The van der Waals surface area contributed by atoms with E-state index in [2.05, 4.69) is 9.97 Å². The topological polar surface area (TPSA) is 106 Å². The Balaban J connectivity index is 1.60. The molecule has 8 heteroatoms. The largest absolute Gasteiger partial charge is 0.460 e. The fraction of sp³-hybridized carbons (Fsp3) is 0.174. The van der Waals surface area contributed by atoms with Crippen molar-refractivity contribution in [3.63, 3.8) is 0 Å². The quantitative estimate of drug-likeness (QED) is 0.411. The summed E-state index contributed by atoms with van der Waals surface area (Å²) < 4.78 is 10.9. The molecule has 0 amide bonds. The molecule has 0 bridgehead atoms. The number of hydrogen-bond acceptors (Lipinski definition) is 8. The molecule has 0 saturated carbocycles. The van der Waals surface area contributed by atoms with E-state index in [1.54, 1.807) is 42.6 Å². The number of nitriles is 1. The third-order valence-electron chi connectivity index (χ3n) is 4.61. The summed E-state index contributed by atoms with van der Waals surface area (Å²) in [6.07, 6.45) is 0. The van der Waals surface area contributed by atoms with E-state index >= 15 is 0 Å². The number of aryl methyl sites for hydroxylation is 2. The summed E-state index contributed by atoms with van der Waals surface area (Å²) in [5.41, 5.74) is 2.08. The van der Waals surface area contributed by atoms with Crippen molar-refractivity contribution in [2.75, 3.05) is 6.61 Å². The Kier molecular flexibility index (Phi) is 5.60. The van der Waals surface area contributed by atoms with Gasteiger partial charge >= 0.3 is 5.97 Å². The Hall–Kier alpha value is -3.83. The number of carbonyl (C=O) groups excluding carboxylic acids is 2. The van der Waals surface area contributed by atoms with E-state index in [-0.39, 0.29) is 5.56 Å². The van der Waals surface area contributed by atoms with Crippen LogP contribution in [0, 0.1) is 25.2 Å². The van der Waals surface area contributed by atoms with Crippen molar-refractivity contribution in [1.82, 2.24) is 9.97 Å². The molecule has 1 aromatic carbocycles. The highest BCUT2D eigenvalue weighted by Gasteiger charge is 2.25. The van der Waals surface area contributed by atoms with Crippen molar-refractivity contribution in [2.45, 2.75) is 19.8 Å². The number of carbonyl (C=O) groups is 2. The molecule has 1 atom stereocenters. The van der Waals surface area contributed by atoms with Crippen LogP contribution < -0.4 is 0 Å². The lowest BCUT2D eigenvalue weighted by Crippen LogP contribution is -2.20. The zero-order valence-corrected chi connectivity index (χ0v) is 17.6. The first kappa shape index (κ1) is 20.4. The Bertz CT molecular complexity index is 1330. The van der Waals surface area contributed by atoms with Gasteiger partial charge in [-0.05, 0) is 38.1 Å². The van der Waals surface area contributed by atoms with Gasteiger partial charge in [0, 0.05) is 16.5 Å². The summed E-state index contributed by atoms with van der Waals surface area (Å²) in [7, 11) is 0. The Labute approximate surface area is 181 Å². The van der Waals surface area contributed by atoms with Crippen LogP contribution in [-0.4, -0.2) is 28.3 Å². The number of ether oxygens (including phenoxy) is 1. The van der Waals surface area contributed by atoms with Crippen LogP contribution in [0.25, 0.3) is 22.4 Å². The number of thiazole rings is 1.